The predicted octanol–water partition coefficient (Wildman–Crippen LogP) is 17.4. The summed E-state index contributed by atoms with van der Waals surface area (Å²) in [6, 6.07) is 55.9. The fourth-order valence-corrected chi connectivity index (χ4v) is 8.84. The SMILES string of the molecule is Cc1cc(Nc2ccc(Nc3ccc(Nc4ccc(Nc5ccc(Nc6ccc(Nc7ccc(Nc8ccc(NNc9cccc([N+](=O)[O-])c9)cc8C)cc7C)cc6C)cc5C)cc4C)cc3C)cc2C)ccc1O. The quantitative estimate of drug-likeness (QED) is 0.0224. The molecule has 9 aromatic carbocycles. The molecular formula is C62H62N10O3. The van der Waals surface area contributed by atoms with Crippen molar-refractivity contribution in [1.82, 2.24) is 0 Å². The Labute approximate surface area is 438 Å². The van der Waals surface area contributed by atoms with E-state index in [0.29, 0.717) is 11.4 Å². The van der Waals surface area contributed by atoms with Crippen molar-refractivity contribution in [3.05, 3.63) is 224 Å². The Bertz CT molecular complexity index is 3590. The van der Waals surface area contributed by atoms with Crippen molar-refractivity contribution in [2.45, 2.75) is 55.4 Å². The molecule has 0 aliphatic heterocycles. The topological polar surface area (TPSA) is 172 Å². The molecule has 13 heteroatoms. The van der Waals surface area contributed by atoms with E-state index < -0.39 is 4.92 Å². The van der Waals surface area contributed by atoms with Gasteiger partial charge in [0.2, 0.25) is 0 Å². The van der Waals surface area contributed by atoms with E-state index in [-0.39, 0.29) is 5.69 Å². The van der Waals surface area contributed by atoms with E-state index >= 15 is 0 Å². The number of phenols is 1. The second-order valence-corrected chi connectivity index (χ2v) is 19.1. The van der Waals surface area contributed by atoms with Crippen LogP contribution in [0.4, 0.5) is 96.7 Å². The summed E-state index contributed by atoms with van der Waals surface area (Å²) in [7, 11) is 0. The molecule has 9 aromatic rings. The average molecular weight is 995 g/mol. The molecule has 0 bridgehead atoms. The number of nitrogens with one attached hydrogen (secondary N) is 9. The molecule has 0 unspecified atom stereocenters. The summed E-state index contributed by atoms with van der Waals surface area (Å²) in [6.45, 7) is 16.6. The summed E-state index contributed by atoms with van der Waals surface area (Å²) >= 11 is 0. The molecule has 9 rings (SSSR count). The summed E-state index contributed by atoms with van der Waals surface area (Å²) < 4.78 is 0. The Morgan fingerprint density at radius 2 is 0.547 bits per heavy atom. The summed E-state index contributed by atoms with van der Waals surface area (Å²) in [5.74, 6) is 0.290. The maximum absolute atomic E-state index is 11.1. The van der Waals surface area contributed by atoms with Crippen molar-refractivity contribution in [3.8, 4) is 5.75 Å². The lowest BCUT2D eigenvalue weighted by molar-refractivity contribution is -0.384. The second-order valence-electron chi connectivity index (χ2n) is 19.1. The standard InChI is InChI=1S/C62H62N10O3/c1-37-28-46(64-57-22-14-48(30-39(57)3)66-59-24-16-50(32-41(59)5)68-61-26-18-53(34-43(61)7)71-70-52-10-9-11-54(36-52)72(74)75)12-20-55(37)63-45-13-21-56(38(2)29-45)65-47-15-23-58(40(4)31-47)67-49-17-25-60(42(6)33-49)69-51-19-27-62(73)44(8)35-51/h9-36,63-71,73H,1-8H3. The summed E-state index contributed by atoms with van der Waals surface area (Å²) in [4.78, 5) is 10.7. The molecule has 0 heterocycles. The van der Waals surface area contributed by atoms with E-state index in [9.17, 15) is 15.2 Å². The predicted molar refractivity (Wildman–Crippen MR) is 314 cm³/mol. The van der Waals surface area contributed by atoms with Crippen molar-refractivity contribution in [2.24, 2.45) is 0 Å². The van der Waals surface area contributed by atoms with Crippen LogP contribution in [0.15, 0.2) is 170 Å². The molecule has 378 valence electrons. The smallest absolute Gasteiger partial charge is 0.271 e. The second kappa shape index (κ2) is 22.0. The van der Waals surface area contributed by atoms with Gasteiger partial charge in [0, 0.05) is 91.8 Å². The number of nitro groups is 1. The van der Waals surface area contributed by atoms with Gasteiger partial charge in [0.15, 0.2) is 0 Å². The third-order valence-electron chi connectivity index (χ3n) is 13.1. The molecule has 0 aliphatic carbocycles. The number of aromatic hydroxyl groups is 1. The molecule has 0 saturated carbocycles. The third kappa shape index (κ3) is 12.5. The van der Waals surface area contributed by atoms with Crippen molar-refractivity contribution >= 4 is 96.7 Å². The third-order valence-corrected chi connectivity index (χ3v) is 13.1. The van der Waals surface area contributed by atoms with E-state index in [0.717, 1.165) is 130 Å². The highest BCUT2D eigenvalue weighted by Crippen LogP contribution is 2.35. The Kier molecular flexibility index (Phi) is 14.8. The monoisotopic (exact) mass is 995 g/mol. The van der Waals surface area contributed by atoms with Gasteiger partial charge in [-0.15, -0.1) is 0 Å². The molecule has 0 atom stereocenters. The molecule has 0 fully saturated rings. The minimum atomic E-state index is -0.413. The van der Waals surface area contributed by atoms with Crippen LogP contribution in [-0.4, -0.2) is 10.0 Å². The number of benzene rings is 9. The summed E-state index contributed by atoms with van der Waals surface area (Å²) in [5.41, 5.74) is 30.3. The average Bonchev–Trinajstić information content (AvgIpc) is 3.38. The van der Waals surface area contributed by atoms with Gasteiger partial charge in [0.05, 0.1) is 16.3 Å². The number of anilines is 16. The van der Waals surface area contributed by atoms with Crippen LogP contribution in [0.5, 0.6) is 5.75 Å². The Hall–Kier alpha value is -9.62. The number of nitro benzene ring substituents is 1. The van der Waals surface area contributed by atoms with Gasteiger partial charge in [-0.3, -0.25) is 10.1 Å². The number of phenolic OH excluding ortho intramolecular Hbond substituents is 1. The summed E-state index contributed by atoms with van der Waals surface area (Å²) in [6.07, 6.45) is 0. The lowest BCUT2D eigenvalue weighted by atomic mass is 10.1. The Morgan fingerprint density at radius 3 is 0.813 bits per heavy atom. The highest BCUT2D eigenvalue weighted by Gasteiger charge is 2.12. The first-order valence-corrected chi connectivity index (χ1v) is 24.8. The van der Waals surface area contributed by atoms with Gasteiger partial charge in [-0.1, -0.05) is 6.07 Å². The molecule has 0 spiro atoms. The number of aryl methyl sites for hydroxylation is 8. The van der Waals surface area contributed by atoms with Gasteiger partial charge in [-0.05, 0) is 252 Å². The zero-order chi connectivity index (χ0) is 52.8. The normalized spacial score (nSPS) is 10.8. The number of hydrazine groups is 1. The van der Waals surface area contributed by atoms with Crippen LogP contribution in [-0.2, 0) is 0 Å². The zero-order valence-corrected chi connectivity index (χ0v) is 43.4. The van der Waals surface area contributed by atoms with E-state index in [1.54, 1.807) is 18.2 Å². The van der Waals surface area contributed by atoms with Crippen molar-refractivity contribution in [3.63, 3.8) is 0 Å². The molecule has 13 nitrogen and oxygen atoms in total. The number of hydrogen-bond acceptors (Lipinski definition) is 12. The van der Waals surface area contributed by atoms with E-state index in [1.165, 1.54) is 12.1 Å². The highest BCUT2D eigenvalue weighted by molar-refractivity contribution is 5.78. The van der Waals surface area contributed by atoms with Gasteiger partial charge in [-0.2, -0.15) is 0 Å². The minimum absolute atomic E-state index is 0.0257. The van der Waals surface area contributed by atoms with Crippen molar-refractivity contribution in [2.75, 3.05) is 48.1 Å². The van der Waals surface area contributed by atoms with Gasteiger partial charge < -0.3 is 53.2 Å². The molecular weight excluding hydrogens is 933 g/mol. The molecule has 0 aliphatic rings. The first-order chi connectivity index (χ1) is 36.1. The van der Waals surface area contributed by atoms with Crippen LogP contribution in [0.2, 0.25) is 0 Å². The largest absolute Gasteiger partial charge is 0.508 e. The first kappa shape index (κ1) is 50.3. The van der Waals surface area contributed by atoms with E-state index in [4.69, 9.17) is 0 Å². The van der Waals surface area contributed by atoms with Crippen LogP contribution < -0.4 is 48.1 Å². The van der Waals surface area contributed by atoms with Gasteiger partial charge >= 0.3 is 0 Å². The van der Waals surface area contributed by atoms with Crippen LogP contribution in [0.3, 0.4) is 0 Å². The molecule has 75 heavy (non-hydrogen) atoms. The maximum atomic E-state index is 11.1. The van der Waals surface area contributed by atoms with Crippen LogP contribution >= 0.6 is 0 Å². The number of hydrogen-bond donors (Lipinski definition) is 10. The number of rotatable bonds is 18. The van der Waals surface area contributed by atoms with E-state index in [1.807, 2.05) is 44.2 Å². The Morgan fingerprint density at radius 1 is 0.307 bits per heavy atom. The molecule has 0 amide bonds. The van der Waals surface area contributed by atoms with Gasteiger partial charge in [-0.25, -0.2) is 0 Å². The van der Waals surface area contributed by atoms with Crippen LogP contribution in [0.25, 0.3) is 0 Å². The number of non-ortho nitro benzene ring substituents is 1. The van der Waals surface area contributed by atoms with Crippen molar-refractivity contribution < 1.29 is 10.0 Å². The number of nitrogens with zero attached hydrogens (tertiary/aromatic N) is 1. The summed E-state index contributed by atoms with van der Waals surface area (Å²) in [5, 5.41) is 46.1. The highest BCUT2D eigenvalue weighted by atomic mass is 16.6. The molecule has 0 aromatic heterocycles. The fraction of sp³-hybridized carbons (Fsp3) is 0.129. The fourth-order valence-electron chi connectivity index (χ4n) is 8.84. The Balaban J connectivity index is 0.756. The molecule has 0 radical (unpaired) electrons. The van der Waals surface area contributed by atoms with Crippen molar-refractivity contribution in [1.29, 1.82) is 0 Å². The van der Waals surface area contributed by atoms with Gasteiger partial charge in [0.25, 0.3) is 5.69 Å². The lowest BCUT2D eigenvalue weighted by Gasteiger charge is -2.17. The van der Waals surface area contributed by atoms with E-state index in [2.05, 4.69) is 199 Å². The van der Waals surface area contributed by atoms with Crippen LogP contribution in [0.1, 0.15) is 44.5 Å². The molecule has 0 saturated heterocycles. The zero-order valence-electron chi connectivity index (χ0n) is 43.4. The molecule has 10 N–H and O–H groups in total. The van der Waals surface area contributed by atoms with Crippen LogP contribution in [0, 0.1) is 65.5 Å². The lowest BCUT2D eigenvalue weighted by Crippen LogP contribution is -2.09. The maximum Gasteiger partial charge on any atom is 0.271 e. The first-order valence-electron chi connectivity index (χ1n) is 24.8. The minimum Gasteiger partial charge on any atom is -0.508 e. The van der Waals surface area contributed by atoms with Gasteiger partial charge in [0.1, 0.15) is 5.75 Å².